The van der Waals surface area contributed by atoms with Crippen LogP contribution < -0.4 is 5.32 Å². The maximum Gasteiger partial charge on any atom is 0.0340 e. The van der Waals surface area contributed by atoms with Crippen molar-refractivity contribution in [2.75, 3.05) is 11.9 Å². The van der Waals surface area contributed by atoms with Gasteiger partial charge in [-0.15, -0.1) is 0 Å². The summed E-state index contributed by atoms with van der Waals surface area (Å²) in [6, 6.07) is 17.5. The first kappa shape index (κ1) is 11.3. The Balaban J connectivity index is 1.59. The molecule has 0 saturated carbocycles. The standard InChI is InChI=1S/C17H19N/c1-2-13-7-9-16(10-8-13)18-12-15-11-14-5-3-4-6-17(14)15/h3-10,15,18H,2,11-12H2,1H3. The Morgan fingerprint density at radius 1 is 1.06 bits per heavy atom. The van der Waals surface area contributed by atoms with E-state index >= 15 is 0 Å². The predicted molar refractivity (Wildman–Crippen MR) is 77.2 cm³/mol. The summed E-state index contributed by atoms with van der Waals surface area (Å²) in [7, 11) is 0. The van der Waals surface area contributed by atoms with Crippen molar-refractivity contribution in [3.8, 4) is 0 Å². The lowest BCUT2D eigenvalue weighted by Crippen LogP contribution is -2.24. The van der Waals surface area contributed by atoms with Gasteiger partial charge in [0.25, 0.3) is 0 Å². The Morgan fingerprint density at radius 2 is 1.83 bits per heavy atom. The van der Waals surface area contributed by atoms with E-state index in [-0.39, 0.29) is 0 Å². The lowest BCUT2D eigenvalue weighted by atomic mass is 9.77. The van der Waals surface area contributed by atoms with Crippen molar-refractivity contribution >= 4 is 5.69 Å². The van der Waals surface area contributed by atoms with Crippen LogP contribution in [0.25, 0.3) is 0 Å². The van der Waals surface area contributed by atoms with Crippen LogP contribution in [0.5, 0.6) is 0 Å². The molecule has 1 aliphatic rings. The fourth-order valence-electron chi connectivity index (χ4n) is 2.64. The zero-order chi connectivity index (χ0) is 12.4. The maximum atomic E-state index is 3.54. The lowest BCUT2D eigenvalue weighted by molar-refractivity contribution is 0.636. The predicted octanol–water partition coefficient (Wildman–Crippen LogP) is 4.00. The number of benzene rings is 2. The summed E-state index contributed by atoms with van der Waals surface area (Å²) in [5.74, 6) is 0.687. The van der Waals surface area contributed by atoms with E-state index in [1.54, 1.807) is 0 Å². The fraction of sp³-hybridized carbons (Fsp3) is 0.294. The van der Waals surface area contributed by atoms with E-state index in [1.807, 2.05) is 0 Å². The molecule has 1 heteroatoms. The van der Waals surface area contributed by atoms with Crippen molar-refractivity contribution < 1.29 is 0 Å². The zero-order valence-corrected chi connectivity index (χ0v) is 10.8. The summed E-state index contributed by atoms with van der Waals surface area (Å²) < 4.78 is 0. The molecule has 0 fully saturated rings. The monoisotopic (exact) mass is 237 g/mol. The van der Waals surface area contributed by atoms with Gasteiger partial charge in [0.05, 0.1) is 0 Å². The van der Waals surface area contributed by atoms with Crippen molar-refractivity contribution in [2.24, 2.45) is 0 Å². The van der Waals surface area contributed by atoms with Gasteiger partial charge in [-0.25, -0.2) is 0 Å². The number of aryl methyl sites for hydroxylation is 1. The van der Waals surface area contributed by atoms with Gasteiger partial charge >= 0.3 is 0 Å². The number of rotatable bonds is 4. The summed E-state index contributed by atoms with van der Waals surface area (Å²) in [5, 5.41) is 3.54. The minimum absolute atomic E-state index is 0.687. The topological polar surface area (TPSA) is 12.0 Å². The molecule has 1 atom stereocenters. The van der Waals surface area contributed by atoms with Gasteiger partial charge in [0, 0.05) is 18.2 Å². The minimum atomic E-state index is 0.687. The van der Waals surface area contributed by atoms with Crippen LogP contribution in [0, 0.1) is 0 Å². The molecule has 0 spiro atoms. The van der Waals surface area contributed by atoms with Crippen molar-refractivity contribution in [1.29, 1.82) is 0 Å². The van der Waals surface area contributed by atoms with Gasteiger partial charge < -0.3 is 5.32 Å². The normalized spacial score (nSPS) is 16.8. The average Bonchev–Trinajstić information content (AvgIpc) is 2.40. The van der Waals surface area contributed by atoms with Crippen LogP contribution in [0.1, 0.15) is 29.5 Å². The molecule has 18 heavy (non-hydrogen) atoms. The van der Waals surface area contributed by atoms with Gasteiger partial charge in [0.1, 0.15) is 0 Å². The highest BCUT2D eigenvalue weighted by atomic mass is 14.9. The molecule has 1 nitrogen and oxygen atoms in total. The average molecular weight is 237 g/mol. The van der Waals surface area contributed by atoms with Crippen LogP contribution >= 0.6 is 0 Å². The summed E-state index contributed by atoms with van der Waals surface area (Å²) in [6.45, 7) is 3.23. The first-order valence-electron chi connectivity index (χ1n) is 6.77. The Labute approximate surface area is 109 Å². The second-order valence-electron chi connectivity index (χ2n) is 5.03. The van der Waals surface area contributed by atoms with Crippen molar-refractivity contribution in [3.63, 3.8) is 0 Å². The molecular formula is C17H19N. The maximum absolute atomic E-state index is 3.54. The molecular weight excluding hydrogens is 218 g/mol. The number of hydrogen-bond donors (Lipinski definition) is 1. The van der Waals surface area contributed by atoms with E-state index in [1.165, 1.54) is 28.8 Å². The third kappa shape index (κ3) is 2.13. The number of anilines is 1. The van der Waals surface area contributed by atoms with Crippen molar-refractivity contribution in [3.05, 3.63) is 65.2 Å². The van der Waals surface area contributed by atoms with Gasteiger partial charge in [-0.2, -0.15) is 0 Å². The highest BCUT2D eigenvalue weighted by Crippen LogP contribution is 2.34. The van der Waals surface area contributed by atoms with Crippen molar-refractivity contribution in [2.45, 2.75) is 25.7 Å². The van der Waals surface area contributed by atoms with Crippen LogP contribution in [0.15, 0.2) is 48.5 Å². The highest BCUT2D eigenvalue weighted by Gasteiger charge is 2.24. The molecule has 1 aliphatic carbocycles. The molecule has 0 heterocycles. The molecule has 0 radical (unpaired) electrons. The Bertz CT molecular complexity index is 528. The molecule has 92 valence electrons. The molecule has 2 aromatic carbocycles. The molecule has 0 aliphatic heterocycles. The van der Waals surface area contributed by atoms with E-state index in [0.717, 1.165) is 13.0 Å². The number of fused-ring (bicyclic) bond motifs is 1. The third-order valence-electron chi connectivity index (χ3n) is 3.88. The zero-order valence-electron chi connectivity index (χ0n) is 10.8. The molecule has 3 rings (SSSR count). The van der Waals surface area contributed by atoms with Gasteiger partial charge in [0.2, 0.25) is 0 Å². The Kier molecular flexibility index (Phi) is 3.06. The molecule has 0 bridgehead atoms. The number of nitrogens with one attached hydrogen (secondary N) is 1. The van der Waals surface area contributed by atoms with E-state index < -0.39 is 0 Å². The van der Waals surface area contributed by atoms with Crippen molar-refractivity contribution in [1.82, 2.24) is 0 Å². The first-order chi connectivity index (χ1) is 8.86. The summed E-state index contributed by atoms with van der Waals surface area (Å²) in [5.41, 5.74) is 5.67. The molecule has 1 unspecified atom stereocenters. The molecule has 0 aromatic heterocycles. The van der Waals surface area contributed by atoms with Gasteiger partial charge in [0.15, 0.2) is 0 Å². The van der Waals surface area contributed by atoms with Gasteiger partial charge in [-0.1, -0.05) is 43.3 Å². The highest BCUT2D eigenvalue weighted by molar-refractivity contribution is 5.47. The largest absolute Gasteiger partial charge is 0.384 e. The van der Waals surface area contributed by atoms with E-state index in [2.05, 4.69) is 60.8 Å². The molecule has 0 saturated heterocycles. The van der Waals surface area contributed by atoms with Gasteiger partial charge in [-0.3, -0.25) is 0 Å². The first-order valence-corrected chi connectivity index (χ1v) is 6.77. The molecule has 0 amide bonds. The lowest BCUT2D eigenvalue weighted by Gasteiger charge is -2.30. The van der Waals surface area contributed by atoms with E-state index in [9.17, 15) is 0 Å². The van der Waals surface area contributed by atoms with Crippen LogP contribution in [0.4, 0.5) is 5.69 Å². The second-order valence-corrected chi connectivity index (χ2v) is 5.03. The van der Waals surface area contributed by atoms with E-state index in [4.69, 9.17) is 0 Å². The van der Waals surface area contributed by atoms with Crippen LogP contribution in [0.2, 0.25) is 0 Å². The second kappa shape index (κ2) is 4.85. The molecule has 2 aromatic rings. The fourth-order valence-corrected chi connectivity index (χ4v) is 2.64. The Morgan fingerprint density at radius 3 is 2.56 bits per heavy atom. The summed E-state index contributed by atoms with van der Waals surface area (Å²) >= 11 is 0. The third-order valence-corrected chi connectivity index (χ3v) is 3.88. The smallest absolute Gasteiger partial charge is 0.0340 e. The SMILES string of the molecule is CCc1ccc(NCC2Cc3ccccc32)cc1. The molecule has 1 N–H and O–H groups in total. The van der Waals surface area contributed by atoms with Gasteiger partial charge in [-0.05, 0) is 41.7 Å². The minimum Gasteiger partial charge on any atom is -0.384 e. The van der Waals surface area contributed by atoms with E-state index in [0.29, 0.717) is 5.92 Å². The van der Waals surface area contributed by atoms with Crippen LogP contribution in [-0.2, 0) is 12.8 Å². The summed E-state index contributed by atoms with van der Waals surface area (Å²) in [4.78, 5) is 0. The quantitative estimate of drug-likeness (QED) is 0.847. The Hall–Kier alpha value is -1.76. The summed E-state index contributed by atoms with van der Waals surface area (Å²) in [6.07, 6.45) is 2.33. The van der Waals surface area contributed by atoms with Crippen LogP contribution in [0.3, 0.4) is 0 Å². The number of hydrogen-bond acceptors (Lipinski definition) is 1. The van der Waals surface area contributed by atoms with Crippen LogP contribution in [-0.4, -0.2) is 6.54 Å².